The number of para-hydroxylation sites is 4. The van der Waals surface area contributed by atoms with Crippen LogP contribution < -0.4 is 0 Å². The van der Waals surface area contributed by atoms with Gasteiger partial charge in [0.25, 0.3) is 0 Å². The number of hydrogen-bond donors (Lipinski definition) is 0. The normalized spacial score (nSPS) is 12.0. The number of hydrogen-bond acceptors (Lipinski definition) is 3. The van der Waals surface area contributed by atoms with Crippen molar-refractivity contribution in [1.82, 2.24) is 9.13 Å². The highest BCUT2D eigenvalue weighted by Crippen LogP contribution is 2.45. The fourth-order valence-electron chi connectivity index (χ4n) is 9.76. The van der Waals surface area contributed by atoms with Crippen LogP contribution in [0.15, 0.2) is 197 Å². The van der Waals surface area contributed by atoms with Crippen LogP contribution in [0.5, 0.6) is 0 Å². The van der Waals surface area contributed by atoms with Crippen LogP contribution in [0.1, 0.15) is 5.56 Å². The van der Waals surface area contributed by atoms with E-state index in [0.29, 0.717) is 5.56 Å². The standard InChI is InChI=1S/C55H31N3O2/c56-32-35-23-22-34(30-44(35)33-12-2-1-3-13-33)37-25-24-36(57-45-18-8-4-16-42(45)52-47(57)28-26-40-38-14-6-10-20-50(38)59-54(40)52)31-49(37)58-46-19-9-5-17-43(46)53-48(58)29-27-41-39-15-7-11-21-51(39)60-55(41)53/h1-31H. The summed E-state index contributed by atoms with van der Waals surface area (Å²) in [6.07, 6.45) is 0. The minimum absolute atomic E-state index is 0.634. The van der Waals surface area contributed by atoms with Gasteiger partial charge in [-0.2, -0.15) is 5.26 Å². The van der Waals surface area contributed by atoms with Gasteiger partial charge >= 0.3 is 0 Å². The van der Waals surface area contributed by atoms with Crippen molar-refractivity contribution in [3.63, 3.8) is 0 Å². The highest BCUT2D eigenvalue weighted by Gasteiger charge is 2.23. The molecule has 9 aromatic carbocycles. The van der Waals surface area contributed by atoms with Gasteiger partial charge in [-0.3, -0.25) is 0 Å². The molecule has 5 heteroatoms. The molecule has 13 rings (SSSR count). The Kier molecular flexibility index (Phi) is 6.73. The molecule has 0 spiro atoms. The molecule has 278 valence electrons. The Labute approximate surface area is 342 Å². The van der Waals surface area contributed by atoms with Crippen LogP contribution in [-0.2, 0) is 0 Å². The lowest BCUT2D eigenvalue weighted by molar-refractivity contribution is 0.672. The molecule has 0 fully saturated rings. The van der Waals surface area contributed by atoms with Crippen LogP contribution in [0.4, 0.5) is 0 Å². The van der Waals surface area contributed by atoms with Gasteiger partial charge in [-0.05, 0) is 83.9 Å². The topological polar surface area (TPSA) is 59.9 Å². The number of furan rings is 2. The molecule has 0 aliphatic heterocycles. The molecule has 0 N–H and O–H groups in total. The fraction of sp³-hybridized carbons (Fsp3) is 0. The average molecular weight is 766 g/mol. The summed E-state index contributed by atoms with van der Waals surface area (Å²) in [5.74, 6) is 0. The molecule has 0 aliphatic rings. The van der Waals surface area contributed by atoms with Gasteiger partial charge in [-0.1, -0.05) is 115 Å². The van der Waals surface area contributed by atoms with Gasteiger partial charge in [0, 0.05) is 49.1 Å². The second-order valence-corrected chi connectivity index (χ2v) is 15.5. The Bertz CT molecular complexity index is 3960. The van der Waals surface area contributed by atoms with Crippen molar-refractivity contribution in [3.8, 4) is 39.7 Å². The Morgan fingerprint density at radius 1 is 0.383 bits per heavy atom. The molecular formula is C55H31N3O2. The van der Waals surface area contributed by atoms with Gasteiger partial charge in [0.2, 0.25) is 0 Å². The van der Waals surface area contributed by atoms with Crippen molar-refractivity contribution >= 4 is 87.5 Å². The smallest absolute Gasteiger partial charge is 0.145 e. The number of benzene rings is 9. The number of aromatic nitrogens is 2. The predicted octanol–water partition coefficient (Wildman–Crippen LogP) is 14.9. The Morgan fingerprint density at radius 2 is 0.933 bits per heavy atom. The highest BCUT2D eigenvalue weighted by molar-refractivity contribution is 6.25. The van der Waals surface area contributed by atoms with E-state index in [-0.39, 0.29) is 0 Å². The lowest BCUT2D eigenvalue weighted by Crippen LogP contribution is -2.01. The van der Waals surface area contributed by atoms with E-state index in [1.807, 2.05) is 48.5 Å². The molecule has 0 saturated heterocycles. The maximum atomic E-state index is 10.3. The predicted molar refractivity (Wildman–Crippen MR) is 245 cm³/mol. The van der Waals surface area contributed by atoms with Gasteiger partial charge in [-0.15, -0.1) is 0 Å². The van der Waals surface area contributed by atoms with Crippen molar-refractivity contribution in [3.05, 3.63) is 194 Å². The fourth-order valence-corrected chi connectivity index (χ4v) is 9.76. The molecule has 0 atom stereocenters. The van der Waals surface area contributed by atoms with Crippen LogP contribution in [0.25, 0.3) is 121 Å². The summed E-state index contributed by atoms with van der Waals surface area (Å²) >= 11 is 0. The average Bonchev–Trinajstić information content (AvgIpc) is 4.06. The summed E-state index contributed by atoms with van der Waals surface area (Å²) in [6, 6.07) is 68.2. The van der Waals surface area contributed by atoms with Crippen molar-refractivity contribution < 1.29 is 8.83 Å². The van der Waals surface area contributed by atoms with Crippen LogP contribution in [0.3, 0.4) is 0 Å². The molecule has 0 aliphatic carbocycles. The van der Waals surface area contributed by atoms with E-state index in [4.69, 9.17) is 8.83 Å². The van der Waals surface area contributed by atoms with Gasteiger partial charge in [0.1, 0.15) is 22.3 Å². The van der Waals surface area contributed by atoms with E-state index in [9.17, 15) is 5.26 Å². The van der Waals surface area contributed by atoms with Crippen molar-refractivity contribution in [2.75, 3.05) is 0 Å². The number of rotatable bonds is 4. The molecular weight excluding hydrogens is 735 g/mol. The molecule has 4 aromatic heterocycles. The molecule has 60 heavy (non-hydrogen) atoms. The second-order valence-electron chi connectivity index (χ2n) is 15.5. The van der Waals surface area contributed by atoms with Gasteiger partial charge < -0.3 is 18.0 Å². The number of nitrogens with zero attached hydrogens (tertiary/aromatic N) is 3. The third kappa shape index (κ3) is 4.50. The largest absolute Gasteiger partial charge is 0.455 e. The summed E-state index contributed by atoms with van der Waals surface area (Å²) in [5, 5.41) is 19.1. The monoisotopic (exact) mass is 765 g/mol. The molecule has 0 unspecified atom stereocenters. The van der Waals surface area contributed by atoms with Gasteiger partial charge in [0.15, 0.2) is 0 Å². The zero-order valence-corrected chi connectivity index (χ0v) is 32.1. The summed E-state index contributed by atoms with van der Waals surface area (Å²) in [5.41, 5.74) is 14.4. The van der Waals surface area contributed by atoms with E-state index < -0.39 is 0 Å². The van der Waals surface area contributed by atoms with Crippen LogP contribution in [0.2, 0.25) is 0 Å². The van der Waals surface area contributed by atoms with E-state index in [0.717, 1.165) is 121 Å². The number of fused-ring (bicyclic) bond motifs is 14. The van der Waals surface area contributed by atoms with Gasteiger partial charge in [-0.25, -0.2) is 0 Å². The molecule has 5 nitrogen and oxygen atoms in total. The minimum Gasteiger partial charge on any atom is -0.455 e. The molecule has 0 saturated carbocycles. The molecule has 4 heterocycles. The van der Waals surface area contributed by atoms with Crippen LogP contribution in [-0.4, -0.2) is 9.13 Å². The molecule has 13 aromatic rings. The Morgan fingerprint density at radius 3 is 1.57 bits per heavy atom. The van der Waals surface area contributed by atoms with Crippen LogP contribution in [0, 0.1) is 11.3 Å². The van der Waals surface area contributed by atoms with Gasteiger partial charge in [0.05, 0.1) is 50.2 Å². The zero-order chi connectivity index (χ0) is 39.5. The van der Waals surface area contributed by atoms with Crippen molar-refractivity contribution in [2.45, 2.75) is 0 Å². The first-order chi connectivity index (χ1) is 29.7. The second kappa shape index (κ2) is 12.3. The van der Waals surface area contributed by atoms with Crippen molar-refractivity contribution in [1.29, 1.82) is 5.26 Å². The first-order valence-corrected chi connectivity index (χ1v) is 20.1. The first-order valence-electron chi connectivity index (χ1n) is 20.1. The van der Waals surface area contributed by atoms with Crippen LogP contribution >= 0.6 is 0 Å². The SMILES string of the molecule is N#Cc1ccc(-c2ccc(-n3c4ccccc4c4c5oc6ccccc6c5ccc43)cc2-n2c3ccccc3c3c4oc5ccccc5c4ccc32)cc1-c1ccccc1. The van der Waals surface area contributed by atoms with E-state index in [2.05, 4.69) is 155 Å². The maximum Gasteiger partial charge on any atom is 0.145 e. The Balaban J connectivity index is 1.15. The minimum atomic E-state index is 0.634. The molecule has 0 amide bonds. The number of nitriles is 1. The van der Waals surface area contributed by atoms with E-state index in [1.165, 1.54) is 0 Å². The summed E-state index contributed by atoms with van der Waals surface area (Å²) < 4.78 is 18.1. The lowest BCUT2D eigenvalue weighted by Gasteiger charge is -2.18. The third-order valence-corrected chi connectivity index (χ3v) is 12.4. The lowest BCUT2D eigenvalue weighted by atomic mass is 9.94. The first kappa shape index (κ1) is 32.7. The summed E-state index contributed by atoms with van der Waals surface area (Å²) in [7, 11) is 0. The van der Waals surface area contributed by atoms with E-state index >= 15 is 0 Å². The summed E-state index contributed by atoms with van der Waals surface area (Å²) in [4.78, 5) is 0. The van der Waals surface area contributed by atoms with E-state index in [1.54, 1.807) is 0 Å². The Hall–Kier alpha value is -8.33. The third-order valence-electron chi connectivity index (χ3n) is 12.4. The van der Waals surface area contributed by atoms with Crippen molar-refractivity contribution in [2.24, 2.45) is 0 Å². The summed E-state index contributed by atoms with van der Waals surface area (Å²) in [6.45, 7) is 0. The maximum absolute atomic E-state index is 10.3. The highest BCUT2D eigenvalue weighted by atomic mass is 16.3. The zero-order valence-electron chi connectivity index (χ0n) is 32.1. The molecule has 0 bridgehead atoms. The molecule has 0 radical (unpaired) electrons. The quantitative estimate of drug-likeness (QED) is 0.179.